The van der Waals surface area contributed by atoms with Crippen molar-refractivity contribution in [2.75, 3.05) is 12.8 Å². The monoisotopic (exact) mass is 258 g/mol. The summed E-state index contributed by atoms with van der Waals surface area (Å²) >= 11 is 0. The molecule has 0 aliphatic heterocycles. The Hall–Kier alpha value is -2.18. The second kappa shape index (κ2) is 4.25. The molecule has 4 nitrogen and oxygen atoms in total. The summed E-state index contributed by atoms with van der Waals surface area (Å²) in [7, 11) is 1.29. The van der Waals surface area contributed by atoms with Gasteiger partial charge < -0.3 is 15.0 Å². The van der Waals surface area contributed by atoms with Crippen molar-refractivity contribution in [1.82, 2.24) is 5.16 Å². The molecule has 0 radical (unpaired) electrons. The summed E-state index contributed by atoms with van der Waals surface area (Å²) in [5.74, 6) is 0.0662. The molecule has 0 aliphatic rings. The van der Waals surface area contributed by atoms with Crippen molar-refractivity contribution in [2.45, 2.75) is 6.18 Å². The number of ether oxygens (including phenoxy) is 1. The number of hydrogen-bond acceptors (Lipinski definition) is 4. The number of halogens is 3. The first-order valence-electron chi connectivity index (χ1n) is 4.89. The molecule has 0 saturated heterocycles. The quantitative estimate of drug-likeness (QED) is 0.899. The van der Waals surface area contributed by atoms with Crippen molar-refractivity contribution < 1.29 is 22.4 Å². The van der Waals surface area contributed by atoms with E-state index in [9.17, 15) is 13.2 Å². The summed E-state index contributed by atoms with van der Waals surface area (Å²) in [6.07, 6.45) is -4.52. The second-order valence-electron chi connectivity index (χ2n) is 3.52. The Balaban J connectivity index is 2.60. The van der Waals surface area contributed by atoms with E-state index in [0.29, 0.717) is 0 Å². The molecule has 1 aromatic carbocycles. The van der Waals surface area contributed by atoms with Gasteiger partial charge in [-0.3, -0.25) is 0 Å². The van der Waals surface area contributed by atoms with Crippen molar-refractivity contribution >= 4 is 5.88 Å². The first-order valence-corrected chi connectivity index (χ1v) is 4.89. The van der Waals surface area contributed by atoms with Gasteiger partial charge in [0.1, 0.15) is 11.4 Å². The maximum Gasteiger partial charge on any atom is 0.417 e. The Bertz CT molecular complexity index is 564. The van der Waals surface area contributed by atoms with Crippen LogP contribution < -0.4 is 10.5 Å². The standard InChI is InChI=1S/C11H9F3N2O2/c1-17-6-2-3-7(8(4-6)11(12,13)14)9-5-10(15)18-16-9/h2-5H,15H2,1H3. The summed E-state index contributed by atoms with van der Waals surface area (Å²) in [5.41, 5.74) is 4.37. The van der Waals surface area contributed by atoms with E-state index in [1.807, 2.05) is 0 Å². The molecule has 0 bridgehead atoms. The Kier molecular flexibility index (Phi) is 2.90. The molecule has 0 amide bonds. The normalized spacial score (nSPS) is 11.6. The van der Waals surface area contributed by atoms with Crippen LogP contribution in [-0.2, 0) is 6.18 Å². The lowest BCUT2D eigenvalue weighted by Crippen LogP contribution is -2.07. The summed E-state index contributed by atoms with van der Waals surface area (Å²) in [6.45, 7) is 0. The molecule has 1 heterocycles. The molecule has 7 heteroatoms. The van der Waals surface area contributed by atoms with E-state index in [2.05, 4.69) is 9.68 Å². The van der Waals surface area contributed by atoms with Gasteiger partial charge in [0.15, 0.2) is 0 Å². The highest BCUT2D eigenvalue weighted by molar-refractivity contribution is 5.67. The fraction of sp³-hybridized carbons (Fsp3) is 0.182. The van der Waals surface area contributed by atoms with Gasteiger partial charge in [0.05, 0.1) is 12.7 Å². The van der Waals surface area contributed by atoms with Gasteiger partial charge in [-0.25, -0.2) is 0 Å². The first-order chi connectivity index (χ1) is 8.41. The zero-order valence-electron chi connectivity index (χ0n) is 9.28. The largest absolute Gasteiger partial charge is 0.497 e. The number of nitrogens with zero attached hydrogens (tertiary/aromatic N) is 1. The minimum atomic E-state index is -4.52. The van der Waals surface area contributed by atoms with Gasteiger partial charge in [-0.05, 0) is 18.2 Å². The third kappa shape index (κ3) is 2.24. The maximum atomic E-state index is 12.9. The van der Waals surface area contributed by atoms with Crippen LogP contribution in [0.15, 0.2) is 28.8 Å². The van der Waals surface area contributed by atoms with Crippen LogP contribution in [0.4, 0.5) is 19.1 Å². The van der Waals surface area contributed by atoms with E-state index in [1.54, 1.807) is 0 Å². The highest BCUT2D eigenvalue weighted by atomic mass is 19.4. The molecule has 0 fully saturated rings. The molecule has 0 atom stereocenters. The molecule has 2 rings (SSSR count). The van der Waals surface area contributed by atoms with Crippen LogP contribution in [0.3, 0.4) is 0 Å². The molecular formula is C11H9F3N2O2. The smallest absolute Gasteiger partial charge is 0.417 e. The van der Waals surface area contributed by atoms with Gasteiger partial charge >= 0.3 is 6.18 Å². The molecule has 0 unspecified atom stereocenters. The summed E-state index contributed by atoms with van der Waals surface area (Å²) in [6, 6.07) is 4.81. The second-order valence-corrected chi connectivity index (χ2v) is 3.52. The third-order valence-electron chi connectivity index (χ3n) is 2.34. The zero-order chi connectivity index (χ0) is 13.3. The summed E-state index contributed by atoms with van der Waals surface area (Å²) < 4.78 is 48.1. The predicted molar refractivity (Wildman–Crippen MR) is 57.9 cm³/mol. The van der Waals surface area contributed by atoms with Crippen LogP contribution in [0.25, 0.3) is 11.3 Å². The van der Waals surface area contributed by atoms with Gasteiger partial charge in [-0.1, -0.05) is 5.16 Å². The molecule has 2 N–H and O–H groups in total. The van der Waals surface area contributed by atoms with Crippen molar-refractivity contribution in [1.29, 1.82) is 0 Å². The van der Waals surface area contributed by atoms with E-state index >= 15 is 0 Å². The molecular weight excluding hydrogens is 249 g/mol. The maximum absolute atomic E-state index is 12.9. The lowest BCUT2D eigenvalue weighted by molar-refractivity contribution is -0.137. The fourth-order valence-electron chi connectivity index (χ4n) is 1.52. The lowest BCUT2D eigenvalue weighted by atomic mass is 10.0. The van der Waals surface area contributed by atoms with Crippen LogP contribution in [0, 0.1) is 0 Å². The number of aromatic nitrogens is 1. The van der Waals surface area contributed by atoms with Crippen molar-refractivity contribution in [3.63, 3.8) is 0 Å². The summed E-state index contributed by atoms with van der Waals surface area (Å²) in [4.78, 5) is 0. The van der Waals surface area contributed by atoms with Crippen LogP contribution in [0.2, 0.25) is 0 Å². The van der Waals surface area contributed by atoms with E-state index in [4.69, 9.17) is 10.5 Å². The average molecular weight is 258 g/mol. The fourth-order valence-corrected chi connectivity index (χ4v) is 1.52. The highest BCUT2D eigenvalue weighted by Gasteiger charge is 2.35. The first kappa shape index (κ1) is 12.3. The number of nitrogen functional groups attached to an aromatic ring is 1. The number of rotatable bonds is 2. The molecule has 1 aromatic heterocycles. The predicted octanol–water partition coefficient (Wildman–Crippen LogP) is 2.95. The Morgan fingerprint density at radius 2 is 2.00 bits per heavy atom. The average Bonchev–Trinajstić information content (AvgIpc) is 2.74. The van der Waals surface area contributed by atoms with Crippen molar-refractivity contribution in [3.05, 3.63) is 29.8 Å². The van der Waals surface area contributed by atoms with E-state index in [1.165, 1.54) is 25.3 Å². The van der Waals surface area contributed by atoms with Crippen LogP contribution in [0.5, 0.6) is 5.75 Å². The number of alkyl halides is 3. The highest BCUT2D eigenvalue weighted by Crippen LogP contribution is 2.38. The number of hydrogen-bond donors (Lipinski definition) is 1. The van der Waals surface area contributed by atoms with E-state index < -0.39 is 11.7 Å². The zero-order valence-corrected chi connectivity index (χ0v) is 9.28. The van der Waals surface area contributed by atoms with Gasteiger partial charge in [0.2, 0.25) is 5.88 Å². The van der Waals surface area contributed by atoms with Crippen LogP contribution >= 0.6 is 0 Å². The van der Waals surface area contributed by atoms with Crippen molar-refractivity contribution in [2.24, 2.45) is 0 Å². The topological polar surface area (TPSA) is 61.3 Å². The molecule has 0 aliphatic carbocycles. The van der Waals surface area contributed by atoms with E-state index in [0.717, 1.165) is 6.07 Å². The Labute approximate surface area is 100 Å². The Morgan fingerprint density at radius 3 is 2.50 bits per heavy atom. The number of anilines is 1. The molecule has 0 saturated carbocycles. The van der Waals surface area contributed by atoms with Gasteiger partial charge in [0.25, 0.3) is 0 Å². The van der Waals surface area contributed by atoms with Gasteiger partial charge in [0, 0.05) is 11.6 Å². The minimum Gasteiger partial charge on any atom is -0.497 e. The van der Waals surface area contributed by atoms with Gasteiger partial charge in [-0.15, -0.1) is 0 Å². The summed E-state index contributed by atoms with van der Waals surface area (Å²) in [5, 5.41) is 3.47. The van der Waals surface area contributed by atoms with Crippen molar-refractivity contribution in [3.8, 4) is 17.0 Å². The molecule has 2 aromatic rings. The number of benzene rings is 1. The number of methoxy groups -OCH3 is 1. The van der Waals surface area contributed by atoms with E-state index in [-0.39, 0.29) is 22.9 Å². The molecule has 96 valence electrons. The molecule has 18 heavy (non-hydrogen) atoms. The molecule has 0 spiro atoms. The Morgan fingerprint density at radius 1 is 1.28 bits per heavy atom. The minimum absolute atomic E-state index is 0.0301. The van der Waals surface area contributed by atoms with Gasteiger partial charge in [-0.2, -0.15) is 13.2 Å². The third-order valence-corrected chi connectivity index (χ3v) is 2.34. The SMILES string of the molecule is COc1ccc(-c2cc(N)on2)c(C(F)(F)F)c1. The van der Waals surface area contributed by atoms with Crippen LogP contribution in [-0.4, -0.2) is 12.3 Å². The lowest BCUT2D eigenvalue weighted by Gasteiger charge is -2.12. The van der Waals surface area contributed by atoms with Crippen LogP contribution in [0.1, 0.15) is 5.56 Å². The number of nitrogens with two attached hydrogens (primary N) is 1.